The van der Waals surface area contributed by atoms with Crippen molar-refractivity contribution in [2.24, 2.45) is 5.73 Å². The molecule has 0 saturated carbocycles. The number of alkyl halides is 1. The van der Waals surface area contributed by atoms with Gasteiger partial charge in [-0.3, -0.25) is 4.79 Å². The van der Waals surface area contributed by atoms with Gasteiger partial charge in [0.1, 0.15) is 17.7 Å². The van der Waals surface area contributed by atoms with E-state index in [1.165, 1.54) is 6.08 Å². The molecule has 1 aromatic carbocycles. The third kappa shape index (κ3) is 5.86. The number of hydrogen-bond donors (Lipinski definition) is 5. The highest BCUT2D eigenvalue weighted by molar-refractivity contribution is 5.86. The van der Waals surface area contributed by atoms with Gasteiger partial charge in [-0.25, -0.2) is 4.39 Å². The van der Waals surface area contributed by atoms with Crippen molar-refractivity contribution in [2.45, 2.75) is 18.5 Å². The van der Waals surface area contributed by atoms with E-state index in [0.717, 1.165) is 5.69 Å². The molecule has 0 radical (unpaired) electrons. The predicted octanol–water partition coefficient (Wildman–Crippen LogP) is 2.52. The summed E-state index contributed by atoms with van der Waals surface area (Å²) in [5.41, 5.74) is 14.4. The molecule has 0 spiro atoms. The first-order valence-electron chi connectivity index (χ1n) is 9.17. The van der Waals surface area contributed by atoms with E-state index in [1.54, 1.807) is 37.4 Å². The number of ether oxygens (including phenoxy) is 1. The Balaban J connectivity index is 0.000000438. The molecule has 1 aromatic heterocycles. The third-order valence-corrected chi connectivity index (χ3v) is 4.55. The molecule has 2 atom stereocenters. The Morgan fingerprint density at radius 1 is 1.45 bits per heavy atom. The summed E-state index contributed by atoms with van der Waals surface area (Å²) in [5, 5.41) is 12.2. The molecular formula is C21H27FN4O3. The Morgan fingerprint density at radius 3 is 2.76 bits per heavy atom. The topological polar surface area (TPSA) is 126 Å². The van der Waals surface area contributed by atoms with Gasteiger partial charge in [-0.05, 0) is 36.8 Å². The summed E-state index contributed by atoms with van der Waals surface area (Å²) >= 11 is 0. The third-order valence-electron chi connectivity index (χ3n) is 4.55. The fourth-order valence-corrected chi connectivity index (χ4v) is 2.95. The zero-order chi connectivity index (χ0) is 21.4. The van der Waals surface area contributed by atoms with Crippen molar-refractivity contribution in [1.82, 2.24) is 10.3 Å². The number of aromatic hydroxyl groups is 1. The number of halogens is 1. The number of H-pyrrole nitrogens is 1. The van der Waals surface area contributed by atoms with E-state index in [0.29, 0.717) is 35.7 Å². The number of benzene rings is 1. The highest BCUT2D eigenvalue weighted by atomic mass is 19.1. The van der Waals surface area contributed by atoms with Crippen LogP contribution >= 0.6 is 0 Å². The van der Waals surface area contributed by atoms with Gasteiger partial charge in [0.2, 0.25) is 5.91 Å². The molecular weight excluding hydrogens is 375 g/mol. The summed E-state index contributed by atoms with van der Waals surface area (Å²) in [6, 6.07) is 8.61. The number of carbonyl (C=O) groups excluding carboxylic acids is 1. The van der Waals surface area contributed by atoms with Gasteiger partial charge >= 0.3 is 0 Å². The lowest BCUT2D eigenvalue weighted by Crippen LogP contribution is -2.27. The summed E-state index contributed by atoms with van der Waals surface area (Å²) in [6.07, 6.45) is 2.46. The number of anilines is 1. The lowest BCUT2D eigenvalue weighted by Gasteiger charge is -2.25. The Kier molecular flexibility index (Phi) is 7.85. The number of nitrogens with one attached hydrogen (secondary N) is 2. The fraction of sp³-hybridized carbons (Fsp3) is 0.286. The van der Waals surface area contributed by atoms with Crippen LogP contribution in [0.3, 0.4) is 0 Å². The quantitative estimate of drug-likeness (QED) is 0.502. The zero-order valence-corrected chi connectivity index (χ0v) is 16.3. The van der Waals surface area contributed by atoms with Crippen LogP contribution in [-0.2, 0) is 9.53 Å². The average molecular weight is 402 g/mol. The molecule has 2 heterocycles. The van der Waals surface area contributed by atoms with Crippen LogP contribution in [0, 0.1) is 0 Å². The summed E-state index contributed by atoms with van der Waals surface area (Å²) in [5.74, 6) is 0.135. The molecule has 0 bridgehead atoms. The lowest BCUT2D eigenvalue weighted by molar-refractivity contribution is -0.116. The van der Waals surface area contributed by atoms with E-state index in [2.05, 4.69) is 16.9 Å². The second-order valence-corrected chi connectivity index (χ2v) is 6.51. The number of phenolic OH excluding ortho intramolecular Hbond substituents is 1. The molecule has 156 valence electrons. The van der Waals surface area contributed by atoms with Crippen molar-refractivity contribution in [3.63, 3.8) is 0 Å². The number of hydrogen-bond acceptors (Lipinski definition) is 5. The van der Waals surface area contributed by atoms with E-state index < -0.39 is 6.17 Å². The minimum Gasteiger partial charge on any atom is -0.507 e. The second-order valence-electron chi connectivity index (χ2n) is 6.51. The SMILES string of the molecule is C=CC(=O)NC.N/C(=C\c1cc(C2CCOCC2F)[nH]c1N)c1ccccc1O. The van der Waals surface area contributed by atoms with E-state index in [1.807, 2.05) is 6.07 Å². The number of phenols is 1. The fourth-order valence-electron chi connectivity index (χ4n) is 2.95. The van der Waals surface area contributed by atoms with E-state index in [9.17, 15) is 14.3 Å². The minimum atomic E-state index is -1.05. The number of rotatable bonds is 4. The van der Waals surface area contributed by atoms with Gasteiger partial charge in [0.05, 0.1) is 6.61 Å². The molecule has 7 N–H and O–H groups in total. The smallest absolute Gasteiger partial charge is 0.243 e. The van der Waals surface area contributed by atoms with Crippen LogP contribution in [0.4, 0.5) is 10.2 Å². The van der Waals surface area contributed by atoms with Crippen molar-refractivity contribution < 1.29 is 19.0 Å². The second kappa shape index (κ2) is 10.3. The molecule has 2 aromatic rings. The molecule has 29 heavy (non-hydrogen) atoms. The maximum absolute atomic E-state index is 14.0. The number of carbonyl (C=O) groups is 1. The van der Waals surface area contributed by atoms with Crippen LogP contribution < -0.4 is 16.8 Å². The van der Waals surface area contributed by atoms with E-state index in [4.69, 9.17) is 16.2 Å². The van der Waals surface area contributed by atoms with Gasteiger partial charge in [0.15, 0.2) is 0 Å². The average Bonchev–Trinajstić information content (AvgIpc) is 3.08. The number of para-hydroxylation sites is 1. The van der Waals surface area contributed by atoms with Crippen molar-refractivity contribution in [2.75, 3.05) is 26.0 Å². The summed E-state index contributed by atoms with van der Waals surface area (Å²) in [6.45, 7) is 3.86. The number of likely N-dealkylation sites (N-methyl/N-ethyl adjacent to an activating group) is 1. The van der Waals surface area contributed by atoms with E-state index in [-0.39, 0.29) is 24.2 Å². The molecule has 3 rings (SSSR count). The predicted molar refractivity (Wildman–Crippen MR) is 113 cm³/mol. The first-order valence-corrected chi connectivity index (χ1v) is 9.17. The Hall–Kier alpha value is -3.26. The Bertz CT molecular complexity index is 879. The number of nitrogens with two attached hydrogens (primary N) is 2. The summed E-state index contributed by atoms with van der Waals surface area (Å²) < 4.78 is 19.1. The van der Waals surface area contributed by atoms with Crippen molar-refractivity contribution in [3.05, 3.63) is 59.8 Å². The van der Waals surface area contributed by atoms with Gasteiger partial charge < -0.3 is 31.6 Å². The molecule has 2 unspecified atom stereocenters. The highest BCUT2D eigenvalue weighted by Crippen LogP contribution is 2.32. The van der Waals surface area contributed by atoms with Gasteiger partial charge in [0, 0.05) is 42.1 Å². The zero-order valence-electron chi connectivity index (χ0n) is 16.3. The number of aromatic amines is 1. The van der Waals surface area contributed by atoms with Crippen LogP contribution in [0.15, 0.2) is 43.0 Å². The van der Waals surface area contributed by atoms with Crippen molar-refractivity contribution >= 4 is 23.5 Å². The Labute approximate surface area is 169 Å². The minimum absolute atomic E-state index is 0.101. The molecule has 1 aliphatic heterocycles. The number of aromatic nitrogens is 1. The number of nitrogen functional groups attached to an aromatic ring is 1. The first-order chi connectivity index (χ1) is 13.9. The normalized spacial score (nSPS) is 19.0. The van der Waals surface area contributed by atoms with Crippen LogP contribution in [0.2, 0.25) is 0 Å². The maximum atomic E-state index is 14.0. The number of amides is 1. The van der Waals surface area contributed by atoms with Gasteiger partial charge in [0.25, 0.3) is 0 Å². The van der Waals surface area contributed by atoms with Crippen molar-refractivity contribution in [1.29, 1.82) is 0 Å². The van der Waals surface area contributed by atoms with Crippen LogP contribution in [-0.4, -0.2) is 42.4 Å². The largest absolute Gasteiger partial charge is 0.507 e. The molecule has 0 aliphatic carbocycles. The summed E-state index contributed by atoms with van der Waals surface area (Å²) in [7, 11) is 1.56. The van der Waals surface area contributed by atoms with Crippen LogP contribution in [0.5, 0.6) is 5.75 Å². The molecule has 1 aliphatic rings. The van der Waals surface area contributed by atoms with Crippen LogP contribution in [0.1, 0.15) is 29.2 Å². The molecule has 1 amide bonds. The van der Waals surface area contributed by atoms with Gasteiger partial charge in [-0.1, -0.05) is 18.7 Å². The standard InChI is InChI=1S/C17H20FN3O2.C4H7NO/c18-13-9-23-6-5-11(13)15-8-10(17(20)21-15)7-14(19)12-3-1-2-4-16(12)22;1-3-4(6)5-2/h1-4,7-8,11,13,21-22H,5-6,9,19-20H2;3H,1H2,2H3,(H,5,6)/b14-7-;. The van der Waals surface area contributed by atoms with Crippen molar-refractivity contribution in [3.8, 4) is 5.75 Å². The highest BCUT2D eigenvalue weighted by Gasteiger charge is 2.28. The Morgan fingerprint density at radius 2 is 2.17 bits per heavy atom. The molecule has 1 fully saturated rings. The summed E-state index contributed by atoms with van der Waals surface area (Å²) in [4.78, 5) is 13.0. The molecule has 1 saturated heterocycles. The molecule has 7 nitrogen and oxygen atoms in total. The first kappa shape index (κ1) is 22.0. The lowest BCUT2D eigenvalue weighted by atomic mass is 9.94. The maximum Gasteiger partial charge on any atom is 0.243 e. The van der Waals surface area contributed by atoms with Crippen LogP contribution in [0.25, 0.3) is 11.8 Å². The monoisotopic (exact) mass is 402 g/mol. The van der Waals surface area contributed by atoms with Gasteiger partial charge in [-0.15, -0.1) is 0 Å². The van der Waals surface area contributed by atoms with E-state index >= 15 is 0 Å². The molecule has 8 heteroatoms. The van der Waals surface area contributed by atoms with Gasteiger partial charge in [-0.2, -0.15) is 0 Å².